The van der Waals surface area contributed by atoms with Crippen LogP contribution in [0.4, 0.5) is 10.5 Å². The van der Waals surface area contributed by atoms with Gasteiger partial charge in [0.15, 0.2) is 0 Å². The summed E-state index contributed by atoms with van der Waals surface area (Å²) in [7, 11) is 0. The fourth-order valence-electron chi connectivity index (χ4n) is 2.07. The number of hydrogen-bond acceptors (Lipinski definition) is 3. The number of aryl methyl sites for hydroxylation is 1. The molecule has 1 aliphatic rings. The Balaban J connectivity index is 1.78. The Hall–Kier alpha value is -1.26. The molecule has 1 unspecified atom stereocenters. The van der Waals surface area contributed by atoms with Crippen LogP contribution in [0.1, 0.15) is 24.8 Å². The molecule has 1 amide bonds. The van der Waals surface area contributed by atoms with E-state index in [9.17, 15) is 4.79 Å². The molecule has 19 heavy (non-hydrogen) atoms. The number of piperidine rings is 1. The third kappa shape index (κ3) is 4.40. The summed E-state index contributed by atoms with van der Waals surface area (Å²) in [6.45, 7) is 3.33. The quantitative estimate of drug-likeness (QED) is 0.894. The normalized spacial score (nSPS) is 18.9. The van der Waals surface area contributed by atoms with Gasteiger partial charge in [-0.25, -0.2) is 4.79 Å². The van der Waals surface area contributed by atoms with E-state index in [2.05, 4.69) is 10.6 Å². The van der Waals surface area contributed by atoms with Crippen molar-refractivity contribution in [2.24, 2.45) is 0 Å². The van der Waals surface area contributed by atoms with Crippen LogP contribution in [0.5, 0.6) is 0 Å². The van der Waals surface area contributed by atoms with Gasteiger partial charge in [0.25, 0.3) is 0 Å². The lowest BCUT2D eigenvalue weighted by atomic mass is 10.1. The third-order valence-corrected chi connectivity index (χ3v) is 3.65. The van der Waals surface area contributed by atoms with Crippen LogP contribution >= 0.6 is 11.6 Å². The van der Waals surface area contributed by atoms with Crippen molar-refractivity contribution in [1.82, 2.24) is 5.32 Å². The molecule has 0 bridgehead atoms. The van der Waals surface area contributed by atoms with Crippen LogP contribution in [-0.4, -0.2) is 25.3 Å². The van der Waals surface area contributed by atoms with Crippen molar-refractivity contribution < 1.29 is 9.53 Å². The zero-order valence-electron chi connectivity index (χ0n) is 11.0. The number of halogens is 1. The summed E-state index contributed by atoms with van der Waals surface area (Å²) in [6, 6.07) is 5.67. The largest absolute Gasteiger partial charge is 0.448 e. The van der Waals surface area contributed by atoms with Crippen molar-refractivity contribution in [1.29, 1.82) is 0 Å². The minimum Gasteiger partial charge on any atom is -0.448 e. The smallest absolute Gasteiger partial charge is 0.411 e. The molecule has 0 radical (unpaired) electrons. The molecule has 0 spiro atoms. The third-order valence-electron chi connectivity index (χ3n) is 3.25. The molecule has 0 aromatic heterocycles. The van der Waals surface area contributed by atoms with Crippen LogP contribution in [0.15, 0.2) is 18.2 Å². The SMILES string of the molecule is Cc1ccc(NC(=O)OCC2CCCCN2)cc1Cl. The van der Waals surface area contributed by atoms with Gasteiger partial charge in [0, 0.05) is 16.8 Å². The lowest BCUT2D eigenvalue weighted by Gasteiger charge is -2.22. The lowest BCUT2D eigenvalue weighted by Crippen LogP contribution is -2.38. The first kappa shape index (κ1) is 14.2. The number of rotatable bonds is 3. The van der Waals surface area contributed by atoms with E-state index in [0.717, 1.165) is 18.5 Å². The highest BCUT2D eigenvalue weighted by atomic mass is 35.5. The second-order valence-electron chi connectivity index (χ2n) is 4.83. The van der Waals surface area contributed by atoms with Gasteiger partial charge in [-0.2, -0.15) is 0 Å². The van der Waals surface area contributed by atoms with Crippen LogP contribution in [0.3, 0.4) is 0 Å². The molecular formula is C14H19ClN2O2. The van der Waals surface area contributed by atoms with E-state index in [1.807, 2.05) is 13.0 Å². The number of ether oxygens (including phenoxy) is 1. The molecular weight excluding hydrogens is 264 g/mol. The first-order chi connectivity index (χ1) is 9.15. The Bertz CT molecular complexity index is 445. The van der Waals surface area contributed by atoms with Crippen molar-refractivity contribution in [3.05, 3.63) is 28.8 Å². The molecule has 1 aromatic rings. The Labute approximate surface area is 118 Å². The summed E-state index contributed by atoms with van der Waals surface area (Å²) in [5.41, 5.74) is 1.63. The molecule has 1 fully saturated rings. The van der Waals surface area contributed by atoms with Crippen molar-refractivity contribution in [2.75, 3.05) is 18.5 Å². The molecule has 5 heteroatoms. The second-order valence-corrected chi connectivity index (χ2v) is 5.24. The molecule has 0 saturated carbocycles. The molecule has 1 saturated heterocycles. The van der Waals surface area contributed by atoms with Gasteiger partial charge >= 0.3 is 6.09 Å². The average molecular weight is 283 g/mol. The Morgan fingerprint density at radius 2 is 2.37 bits per heavy atom. The summed E-state index contributed by atoms with van der Waals surface area (Å²) in [5, 5.41) is 6.64. The average Bonchev–Trinajstić information content (AvgIpc) is 2.42. The van der Waals surface area contributed by atoms with Crippen molar-refractivity contribution >= 4 is 23.4 Å². The summed E-state index contributed by atoms with van der Waals surface area (Å²) in [4.78, 5) is 11.6. The first-order valence-corrected chi connectivity index (χ1v) is 6.96. The fraction of sp³-hybridized carbons (Fsp3) is 0.500. The maximum absolute atomic E-state index is 11.6. The molecule has 0 aliphatic carbocycles. The monoisotopic (exact) mass is 282 g/mol. The summed E-state index contributed by atoms with van der Waals surface area (Å²) in [5.74, 6) is 0. The van der Waals surface area contributed by atoms with Gasteiger partial charge in [-0.15, -0.1) is 0 Å². The second kappa shape index (κ2) is 6.78. The van der Waals surface area contributed by atoms with E-state index in [0.29, 0.717) is 17.3 Å². The highest BCUT2D eigenvalue weighted by molar-refractivity contribution is 6.31. The van der Waals surface area contributed by atoms with E-state index < -0.39 is 6.09 Å². The summed E-state index contributed by atoms with van der Waals surface area (Å²) < 4.78 is 5.20. The van der Waals surface area contributed by atoms with Crippen molar-refractivity contribution in [3.63, 3.8) is 0 Å². The van der Waals surface area contributed by atoms with Gasteiger partial charge in [0.05, 0.1) is 0 Å². The van der Waals surface area contributed by atoms with Crippen molar-refractivity contribution in [2.45, 2.75) is 32.2 Å². The fourth-order valence-corrected chi connectivity index (χ4v) is 2.25. The standard InChI is InChI=1S/C14H19ClN2O2/c1-10-5-6-11(8-13(10)15)17-14(18)19-9-12-4-2-3-7-16-12/h5-6,8,12,16H,2-4,7,9H2,1H3,(H,17,18). The molecule has 1 aromatic carbocycles. The number of benzene rings is 1. The summed E-state index contributed by atoms with van der Waals surface area (Å²) in [6.07, 6.45) is 3.01. The van der Waals surface area contributed by atoms with Crippen molar-refractivity contribution in [3.8, 4) is 0 Å². The minimum atomic E-state index is -0.438. The highest BCUT2D eigenvalue weighted by Gasteiger charge is 2.14. The van der Waals surface area contributed by atoms with Crippen LogP contribution in [-0.2, 0) is 4.74 Å². The van der Waals surface area contributed by atoms with Crippen LogP contribution in [0, 0.1) is 6.92 Å². The van der Waals surface area contributed by atoms with Gasteiger partial charge in [-0.05, 0) is 44.0 Å². The molecule has 1 heterocycles. The number of anilines is 1. The number of carbonyl (C=O) groups is 1. The first-order valence-electron chi connectivity index (χ1n) is 6.58. The zero-order chi connectivity index (χ0) is 13.7. The maximum Gasteiger partial charge on any atom is 0.411 e. The van der Waals surface area contributed by atoms with Crippen LogP contribution < -0.4 is 10.6 Å². The van der Waals surface area contributed by atoms with E-state index >= 15 is 0 Å². The molecule has 104 valence electrons. The molecule has 4 nitrogen and oxygen atoms in total. The minimum absolute atomic E-state index is 0.279. The zero-order valence-corrected chi connectivity index (χ0v) is 11.8. The van der Waals surface area contributed by atoms with Gasteiger partial charge < -0.3 is 10.1 Å². The van der Waals surface area contributed by atoms with Gasteiger partial charge in [0.2, 0.25) is 0 Å². The predicted molar refractivity (Wildman–Crippen MR) is 76.8 cm³/mol. The van der Waals surface area contributed by atoms with E-state index in [-0.39, 0.29) is 6.04 Å². The molecule has 2 N–H and O–H groups in total. The van der Waals surface area contributed by atoms with E-state index in [4.69, 9.17) is 16.3 Å². The van der Waals surface area contributed by atoms with Gasteiger partial charge in [-0.1, -0.05) is 24.1 Å². The Morgan fingerprint density at radius 3 is 3.05 bits per heavy atom. The maximum atomic E-state index is 11.6. The van der Waals surface area contributed by atoms with Crippen LogP contribution in [0.25, 0.3) is 0 Å². The topological polar surface area (TPSA) is 50.4 Å². The molecule has 2 rings (SSSR count). The number of carbonyl (C=O) groups excluding carboxylic acids is 1. The van der Waals surface area contributed by atoms with Gasteiger partial charge in [0.1, 0.15) is 6.61 Å². The van der Waals surface area contributed by atoms with E-state index in [1.54, 1.807) is 12.1 Å². The summed E-state index contributed by atoms with van der Waals surface area (Å²) >= 11 is 5.99. The van der Waals surface area contributed by atoms with Crippen LogP contribution in [0.2, 0.25) is 5.02 Å². The Morgan fingerprint density at radius 1 is 1.53 bits per heavy atom. The van der Waals surface area contributed by atoms with Gasteiger partial charge in [-0.3, -0.25) is 5.32 Å². The lowest BCUT2D eigenvalue weighted by molar-refractivity contribution is 0.141. The molecule has 1 atom stereocenters. The number of hydrogen-bond donors (Lipinski definition) is 2. The molecule has 1 aliphatic heterocycles. The number of nitrogens with one attached hydrogen (secondary N) is 2. The predicted octanol–water partition coefficient (Wildman–Crippen LogP) is 3.34. The number of amides is 1. The Kier molecular flexibility index (Phi) is 5.05. The van der Waals surface area contributed by atoms with E-state index in [1.165, 1.54) is 12.8 Å². The highest BCUT2D eigenvalue weighted by Crippen LogP contribution is 2.20.